The normalized spacial score (nSPS) is 12.2. The molecule has 1 amide bonds. The maximum Gasteiger partial charge on any atom is 0.266 e. The summed E-state index contributed by atoms with van der Waals surface area (Å²) in [6.45, 7) is 9.04. The molecule has 2 aromatic carbocycles. The van der Waals surface area contributed by atoms with Gasteiger partial charge in [0.15, 0.2) is 0 Å². The number of para-hydroxylation sites is 1. The predicted octanol–water partition coefficient (Wildman–Crippen LogP) is 6.30. The summed E-state index contributed by atoms with van der Waals surface area (Å²) in [5.74, 6) is 1.70. The molecule has 1 atom stereocenters. The van der Waals surface area contributed by atoms with E-state index in [-0.39, 0.29) is 23.4 Å². The van der Waals surface area contributed by atoms with E-state index >= 15 is 0 Å². The molecular weight excluding hydrogens is 438 g/mol. The van der Waals surface area contributed by atoms with Crippen LogP contribution in [0.2, 0.25) is 0 Å². The molecular formula is C29H39N3O3. The lowest BCUT2D eigenvalue weighted by Crippen LogP contribution is -2.39. The molecule has 0 bridgehead atoms. The van der Waals surface area contributed by atoms with E-state index in [1.807, 2.05) is 53.4 Å². The van der Waals surface area contributed by atoms with Crippen molar-refractivity contribution in [3.8, 4) is 11.4 Å². The molecule has 0 N–H and O–H groups in total. The third-order valence-corrected chi connectivity index (χ3v) is 6.35. The average molecular weight is 478 g/mol. The van der Waals surface area contributed by atoms with Gasteiger partial charge in [0, 0.05) is 13.0 Å². The maximum atomic E-state index is 13.8. The molecule has 188 valence electrons. The van der Waals surface area contributed by atoms with Crippen LogP contribution in [0.3, 0.4) is 0 Å². The van der Waals surface area contributed by atoms with Gasteiger partial charge in [-0.05, 0) is 55.2 Å². The number of nitrogens with zero attached hydrogens (tertiary/aromatic N) is 3. The summed E-state index contributed by atoms with van der Waals surface area (Å²) >= 11 is 0. The Balaban J connectivity index is 2.18. The highest BCUT2D eigenvalue weighted by Gasteiger charge is 2.29. The number of hydrogen-bond donors (Lipinski definition) is 0. The monoisotopic (exact) mass is 477 g/mol. The lowest BCUT2D eigenvalue weighted by Gasteiger charge is -2.33. The van der Waals surface area contributed by atoms with Crippen LogP contribution in [0.15, 0.2) is 53.3 Å². The number of methoxy groups -OCH3 is 1. The first-order chi connectivity index (χ1) is 16.9. The van der Waals surface area contributed by atoms with Gasteiger partial charge >= 0.3 is 0 Å². The minimum atomic E-state index is -0.303. The Hall–Kier alpha value is -3.15. The van der Waals surface area contributed by atoms with E-state index in [0.29, 0.717) is 47.6 Å². The minimum absolute atomic E-state index is 0.118. The molecule has 0 aliphatic rings. The molecule has 0 spiro atoms. The summed E-state index contributed by atoms with van der Waals surface area (Å²) in [6, 6.07) is 14.5. The molecule has 0 aliphatic carbocycles. The summed E-state index contributed by atoms with van der Waals surface area (Å²) in [5.41, 5.74) is 1.24. The zero-order valence-corrected chi connectivity index (χ0v) is 21.8. The Morgan fingerprint density at radius 2 is 1.74 bits per heavy atom. The quantitative estimate of drug-likeness (QED) is 0.287. The highest BCUT2D eigenvalue weighted by Crippen LogP contribution is 2.28. The fraction of sp³-hybridized carbons (Fsp3) is 0.483. The van der Waals surface area contributed by atoms with Crippen LogP contribution in [0, 0.1) is 5.92 Å². The van der Waals surface area contributed by atoms with Crippen molar-refractivity contribution in [1.29, 1.82) is 0 Å². The molecule has 0 saturated heterocycles. The Labute approximate surface area is 208 Å². The molecule has 0 radical (unpaired) electrons. The summed E-state index contributed by atoms with van der Waals surface area (Å²) in [6.07, 6.45) is 5.45. The van der Waals surface area contributed by atoms with Crippen molar-refractivity contribution in [2.24, 2.45) is 5.92 Å². The van der Waals surface area contributed by atoms with E-state index in [1.165, 1.54) is 0 Å². The van der Waals surface area contributed by atoms with E-state index < -0.39 is 0 Å². The molecule has 1 unspecified atom stereocenters. The van der Waals surface area contributed by atoms with Crippen LogP contribution in [-0.2, 0) is 4.79 Å². The van der Waals surface area contributed by atoms with E-state index in [1.54, 1.807) is 11.7 Å². The summed E-state index contributed by atoms with van der Waals surface area (Å²) in [7, 11) is 1.62. The zero-order valence-electron chi connectivity index (χ0n) is 21.8. The van der Waals surface area contributed by atoms with Gasteiger partial charge in [0.1, 0.15) is 11.6 Å². The predicted molar refractivity (Wildman–Crippen MR) is 142 cm³/mol. The van der Waals surface area contributed by atoms with Crippen molar-refractivity contribution in [2.45, 2.75) is 72.3 Å². The number of ether oxygens (including phenoxy) is 1. The third kappa shape index (κ3) is 6.30. The zero-order chi connectivity index (χ0) is 25.4. The Morgan fingerprint density at radius 3 is 2.37 bits per heavy atom. The average Bonchev–Trinajstić information content (AvgIpc) is 2.85. The number of carbonyl (C=O) groups excluding carboxylic acids is 1. The van der Waals surface area contributed by atoms with Gasteiger partial charge in [-0.2, -0.15) is 0 Å². The van der Waals surface area contributed by atoms with Crippen LogP contribution >= 0.6 is 0 Å². The number of rotatable bonds is 12. The number of unbranched alkanes of at least 4 members (excludes halogenated alkanes) is 3. The third-order valence-electron chi connectivity index (χ3n) is 6.35. The maximum absolute atomic E-state index is 13.8. The highest BCUT2D eigenvalue weighted by atomic mass is 16.5. The summed E-state index contributed by atoms with van der Waals surface area (Å²) in [4.78, 5) is 34.2. The first-order valence-electron chi connectivity index (χ1n) is 12.9. The van der Waals surface area contributed by atoms with Crippen molar-refractivity contribution in [1.82, 2.24) is 14.5 Å². The molecule has 0 fully saturated rings. The van der Waals surface area contributed by atoms with Crippen molar-refractivity contribution in [3.63, 3.8) is 0 Å². The van der Waals surface area contributed by atoms with Crippen molar-refractivity contribution >= 4 is 16.8 Å². The first kappa shape index (κ1) is 26.5. The van der Waals surface area contributed by atoms with E-state index in [4.69, 9.17) is 9.72 Å². The molecule has 6 nitrogen and oxygen atoms in total. The largest absolute Gasteiger partial charge is 0.497 e. The number of amides is 1. The van der Waals surface area contributed by atoms with Gasteiger partial charge in [-0.3, -0.25) is 14.2 Å². The fourth-order valence-corrected chi connectivity index (χ4v) is 4.53. The smallest absolute Gasteiger partial charge is 0.266 e. The van der Waals surface area contributed by atoms with Crippen LogP contribution in [-0.4, -0.2) is 34.0 Å². The lowest BCUT2D eigenvalue weighted by molar-refractivity contribution is -0.135. The molecule has 0 saturated carbocycles. The number of hydrogen-bond acceptors (Lipinski definition) is 4. The second kappa shape index (κ2) is 12.5. The van der Waals surface area contributed by atoms with Gasteiger partial charge in [-0.15, -0.1) is 0 Å². The molecule has 6 heteroatoms. The van der Waals surface area contributed by atoms with Gasteiger partial charge < -0.3 is 9.64 Å². The fourth-order valence-electron chi connectivity index (χ4n) is 4.53. The molecule has 0 aliphatic heterocycles. The number of fused-ring (bicyclic) bond motifs is 1. The van der Waals surface area contributed by atoms with Crippen LogP contribution in [0.4, 0.5) is 0 Å². The van der Waals surface area contributed by atoms with Crippen molar-refractivity contribution in [3.05, 3.63) is 64.7 Å². The van der Waals surface area contributed by atoms with Crippen LogP contribution in [0.1, 0.15) is 78.1 Å². The van der Waals surface area contributed by atoms with Crippen molar-refractivity contribution < 1.29 is 9.53 Å². The van der Waals surface area contributed by atoms with Gasteiger partial charge in [0.05, 0.1) is 29.7 Å². The van der Waals surface area contributed by atoms with Crippen LogP contribution in [0.5, 0.6) is 5.75 Å². The number of benzene rings is 2. The number of carbonyl (C=O) groups is 1. The topological polar surface area (TPSA) is 64.4 Å². The number of aromatic nitrogens is 2. The van der Waals surface area contributed by atoms with Gasteiger partial charge in [-0.1, -0.05) is 59.1 Å². The van der Waals surface area contributed by atoms with E-state index in [2.05, 4.69) is 27.7 Å². The molecule has 35 heavy (non-hydrogen) atoms. The van der Waals surface area contributed by atoms with Crippen LogP contribution in [0.25, 0.3) is 16.6 Å². The summed E-state index contributed by atoms with van der Waals surface area (Å²) in [5, 5.41) is 0.560. The SMILES string of the molecule is CCCCCCN(C(=O)CC(C)C)C(CC)c1nc2ccccc2c(=O)n1-c1ccc(OC)cc1. The highest BCUT2D eigenvalue weighted by molar-refractivity contribution is 5.79. The molecule has 1 aromatic heterocycles. The van der Waals surface area contributed by atoms with Gasteiger partial charge in [0.2, 0.25) is 5.91 Å². The lowest BCUT2D eigenvalue weighted by atomic mass is 10.0. The Bertz CT molecular complexity index is 1170. The first-order valence-corrected chi connectivity index (χ1v) is 12.9. The van der Waals surface area contributed by atoms with E-state index in [0.717, 1.165) is 25.7 Å². The Morgan fingerprint density at radius 1 is 1.03 bits per heavy atom. The van der Waals surface area contributed by atoms with Gasteiger partial charge in [0.25, 0.3) is 5.56 Å². The second-order valence-electron chi connectivity index (χ2n) is 9.50. The standard InChI is InChI=1S/C29H39N3O3/c1-6-8-9-12-19-31(27(33)20-21(3)4)26(7-2)28-30-25-14-11-10-13-24(25)29(34)32(28)22-15-17-23(35-5)18-16-22/h10-11,13-18,21,26H,6-9,12,19-20H2,1-5H3. The van der Waals surface area contributed by atoms with E-state index in [9.17, 15) is 9.59 Å². The summed E-state index contributed by atoms with van der Waals surface area (Å²) < 4.78 is 7.00. The Kier molecular flexibility index (Phi) is 9.47. The van der Waals surface area contributed by atoms with Crippen molar-refractivity contribution in [2.75, 3.05) is 13.7 Å². The second-order valence-corrected chi connectivity index (χ2v) is 9.50. The minimum Gasteiger partial charge on any atom is -0.497 e. The molecule has 3 rings (SSSR count). The van der Waals surface area contributed by atoms with Crippen LogP contribution < -0.4 is 10.3 Å². The molecule has 3 aromatic rings. The van der Waals surface area contributed by atoms with Gasteiger partial charge in [-0.25, -0.2) is 4.98 Å². The molecule has 1 heterocycles.